The molecule has 140 valence electrons. The summed E-state index contributed by atoms with van der Waals surface area (Å²) < 4.78 is 81.9. The van der Waals surface area contributed by atoms with Gasteiger partial charge < -0.3 is 4.74 Å². The van der Waals surface area contributed by atoms with Crippen molar-refractivity contribution in [3.05, 3.63) is 64.7 Å². The average molecular weight is 376 g/mol. The van der Waals surface area contributed by atoms with Crippen molar-refractivity contribution in [1.82, 2.24) is 0 Å². The van der Waals surface area contributed by atoms with Gasteiger partial charge in [0.2, 0.25) is 0 Å². The molecule has 2 rings (SSSR count). The zero-order valence-corrected chi connectivity index (χ0v) is 13.5. The number of carbonyl (C=O) groups excluding carboxylic acids is 1. The van der Waals surface area contributed by atoms with Gasteiger partial charge in [0.05, 0.1) is 18.2 Å². The van der Waals surface area contributed by atoms with Crippen molar-refractivity contribution in [3.8, 4) is 5.75 Å². The number of alkyl halides is 6. The van der Waals surface area contributed by atoms with Crippen LogP contribution in [0.1, 0.15) is 33.5 Å². The van der Waals surface area contributed by atoms with Crippen LogP contribution < -0.4 is 4.74 Å². The molecule has 0 amide bonds. The van der Waals surface area contributed by atoms with Gasteiger partial charge >= 0.3 is 12.4 Å². The number of rotatable bonds is 5. The van der Waals surface area contributed by atoms with Crippen LogP contribution in [0.3, 0.4) is 0 Å². The van der Waals surface area contributed by atoms with Crippen LogP contribution in [0.25, 0.3) is 0 Å². The van der Waals surface area contributed by atoms with Gasteiger partial charge in [-0.3, -0.25) is 4.79 Å². The van der Waals surface area contributed by atoms with Gasteiger partial charge in [0.25, 0.3) is 0 Å². The monoisotopic (exact) mass is 376 g/mol. The number of benzene rings is 2. The number of ketones is 1. The summed E-state index contributed by atoms with van der Waals surface area (Å²) in [4.78, 5) is 12.1. The molecule has 0 radical (unpaired) electrons. The first kappa shape index (κ1) is 19.8. The van der Waals surface area contributed by atoms with Gasteiger partial charge in [-0.25, -0.2) is 0 Å². The minimum absolute atomic E-state index is 0.0643. The summed E-state index contributed by atoms with van der Waals surface area (Å²) in [7, 11) is 1.45. The normalized spacial score (nSPS) is 12.1. The molecule has 0 aromatic heterocycles. The van der Waals surface area contributed by atoms with Gasteiger partial charge in [-0.2, -0.15) is 26.3 Å². The topological polar surface area (TPSA) is 26.3 Å². The standard InChI is InChI=1S/C18H14F6O2/c1-26-15-5-3-12(4-6-15)16(25)7-2-11-8-13(17(19,20)21)10-14(9-11)18(22,23)24/h3-6,8-10H,2,7H2,1H3. The van der Waals surface area contributed by atoms with Gasteiger partial charge in [-0.05, 0) is 54.4 Å². The highest BCUT2D eigenvalue weighted by molar-refractivity contribution is 5.96. The lowest BCUT2D eigenvalue weighted by atomic mass is 9.98. The van der Waals surface area contributed by atoms with Crippen molar-refractivity contribution >= 4 is 5.78 Å². The maximum atomic E-state index is 12.8. The van der Waals surface area contributed by atoms with Crippen LogP contribution in [0.5, 0.6) is 5.75 Å². The first-order valence-corrected chi connectivity index (χ1v) is 7.46. The first-order chi connectivity index (χ1) is 12.0. The molecule has 0 aliphatic carbocycles. The molecule has 0 saturated heterocycles. The zero-order valence-electron chi connectivity index (χ0n) is 13.5. The Morgan fingerprint density at radius 1 is 0.885 bits per heavy atom. The van der Waals surface area contributed by atoms with Gasteiger partial charge in [-0.15, -0.1) is 0 Å². The van der Waals surface area contributed by atoms with Crippen LogP contribution in [-0.4, -0.2) is 12.9 Å². The predicted octanol–water partition coefficient (Wildman–Crippen LogP) is 5.55. The molecule has 2 aromatic carbocycles. The van der Waals surface area contributed by atoms with Gasteiger partial charge in [-0.1, -0.05) is 0 Å². The Morgan fingerprint density at radius 3 is 1.81 bits per heavy atom. The van der Waals surface area contributed by atoms with E-state index >= 15 is 0 Å². The van der Waals surface area contributed by atoms with E-state index in [0.29, 0.717) is 23.4 Å². The van der Waals surface area contributed by atoms with Crippen LogP contribution in [-0.2, 0) is 18.8 Å². The van der Waals surface area contributed by atoms with E-state index in [9.17, 15) is 31.1 Å². The number of aryl methyl sites for hydroxylation is 1. The molecular formula is C18H14F6O2. The molecule has 0 bridgehead atoms. The number of halogens is 6. The van der Waals surface area contributed by atoms with Gasteiger partial charge in [0.15, 0.2) is 5.78 Å². The Bertz CT molecular complexity index is 743. The molecule has 0 saturated carbocycles. The zero-order chi connectivity index (χ0) is 19.5. The summed E-state index contributed by atoms with van der Waals surface area (Å²) in [5.41, 5.74) is -2.68. The summed E-state index contributed by atoms with van der Waals surface area (Å²) in [5.74, 6) is 0.132. The van der Waals surface area contributed by atoms with Crippen molar-refractivity contribution in [3.63, 3.8) is 0 Å². The molecule has 0 unspecified atom stereocenters. The molecule has 0 aliphatic heterocycles. The van der Waals surface area contributed by atoms with E-state index in [-0.39, 0.29) is 24.5 Å². The van der Waals surface area contributed by atoms with Crippen molar-refractivity contribution in [1.29, 1.82) is 0 Å². The fraction of sp³-hybridized carbons (Fsp3) is 0.278. The summed E-state index contributed by atoms with van der Waals surface area (Å²) >= 11 is 0. The summed E-state index contributed by atoms with van der Waals surface area (Å²) in [6.07, 6.45) is -10.3. The molecule has 0 N–H and O–H groups in total. The van der Waals surface area contributed by atoms with Crippen molar-refractivity contribution in [2.24, 2.45) is 0 Å². The fourth-order valence-corrected chi connectivity index (χ4v) is 2.34. The van der Waals surface area contributed by atoms with Gasteiger partial charge in [0.1, 0.15) is 5.75 Å². The lowest BCUT2D eigenvalue weighted by Crippen LogP contribution is -2.12. The molecule has 0 spiro atoms. The van der Waals surface area contributed by atoms with Gasteiger partial charge in [0, 0.05) is 12.0 Å². The lowest BCUT2D eigenvalue weighted by Gasteiger charge is -2.14. The SMILES string of the molecule is COc1ccc(C(=O)CCc2cc(C(F)(F)F)cc(C(F)(F)F)c2)cc1. The summed E-state index contributed by atoms with van der Waals surface area (Å²) in [6, 6.07) is 7.38. The Morgan fingerprint density at radius 2 is 1.38 bits per heavy atom. The number of methoxy groups -OCH3 is 1. The Labute approximate surface area is 145 Å². The fourth-order valence-electron chi connectivity index (χ4n) is 2.34. The number of hydrogen-bond acceptors (Lipinski definition) is 2. The molecule has 2 nitrogen and oxygen atoms in total. The van der Waals surface area contributed by atoms with Crippen molar-refractivity contribution < 1.29 is 35.9 Å². The van der Waals surface area contributed by atoms with E-state index in [0.717, 1.165) is 0 Å². The highest BCUT2D eigenvalue weighted by atomic mass is 19.4. The van der Waals surface area contributed by atoms with E-state index in [1.807, 2.05) is 0 Å². The Balaban J connectivity index is 2.21. The predicted molar refractivity (Wildman–Crippen MR) is 82.1 cm³/mol. The largest absolute Gasteiger partial charge is 0.497 e. The summed E-state index contributed by atoms with van der Waals surface area (Å²) in [6.45, 7) is 0. The number of Topliss-reactive ketones (excluding diaryl/α,β-unsaturated/α-hetero) is 1. The van der Waals surface area contributed by atoms with Crippen LogP contribution >= 0.6 is 0 Å². The van der Waals surface area contributed by atoms with E-state index in [1.165, 1.54) is 19.2 Å². The molecule has 0 aliphatic rings. The highest BCUT2D eigenvalue weighted by Crippen LogP contribution is 2.36. The quantitative estimate of drug-likeness (QED) is 0.505. The lowest BCUT2D eigenvalue weighted by molar-refractivity contribution is -0.143. The van der Waals surface area contributed by atoms with Crippen LogP contribution in [0.15, 0.2) is 42.5 Å². The molecule has 0 heterocycles. The molecule has 0 fully saturated rings. The second-order valence-corrected chi connectivity index (χ2v) is 5.57. The van der Waals surface area contributed by atoms with E-state index in [1.54, 1.807) is 12.1 Å². The van der Waals surface area contributed by atoms with Crippen LogP contribution in [0, 0.1) is 0 Å². The minimum Gasteiger partial charge on any atom is -0.497 e. The number of hydrogen-bond donors (Lipinski definition) is 0. The first-order valence-electron chi connectivity index (χ1n) is 7.46. The van der Waals surface area contributed by atoms with E-state index in [2.05, 4.69) is 0 Å². The molecule has 26 heavy (non-hydrogen) atoms. The van der Waals surface area contributed by atoms with Crippen molar-refractivity contribution in [2.75, 3.05) is 7.11 Å². The highest BCUT2D eigenvalue weighted by Gasteiger charge is 2.36. The average Bonchev–Trinajstić information content (AvgIpc) is 2.58. The van der Waals surface area contributed by atoms with Crippen LogP contribution in [0.4, 0.5) is 26.3 Å². The summed E-state index contributed by atoms with van der Waals surface area (Å²) in [5, 5.41) is 0. The van der Waals surface area contributed by atoms with Crippen LogP contribution in [0.2, 0.25) is 0 Å². The minimum atomic E-state index is -4.91. The smallest absolute Gasteiger partial charge is 0.416 e. The molecular weight excluding hydrogens is 362 g/mol. The molecule has 2 aromatic rings. The third kappa shape index (κ3) is 5.00. The maximum absolute atomic E-state index is 12.8. The van der Waals surface area contributed by atoms with E-state index < -0.39 is 29.3 Å². The third-order valence-corrected chi connectivity index (χ3v) is 3.70. The molecule has 0 atom stereocenters. The Kier molecular flexibility index (Phi) is 5.63. The second-order valence-electron chi connectivity index (χ2n) is 5.57. The Hall–Kier alpha value is -2.51. The number of ether oxygens (including phenoxy) is 1. The maximum Gasteiger partial charge on any atom is 0.416 e. The second kappa shape index (κ2) is 7.39. The third-order valence-electron chi connectivity index (χ3n) is 3.70. The number of carbonyl (C=O) groups is 1. The molecule has 8 heteroatoms. The van der Waals surface area contributed by atoms with E-state index in [4.69, 9.17) is 4.74 Å². The van der Waals surface area contributed by atoms with Crippen molar-refractivity contribution in [2.45, 2.75) is 25.2 Å².